The summed E-state index contributed by atoms with van der Waals surface area (Å²) in [6.07, 6.45) is -1.73. The fourth-order valence-electron chi connectivity index (χ4n) is 2.49. The first-order valence-electron chi connectivity index (χ1n) is 6.55. The highest BCUT2D eigenvalue weighted by atomic mass is 79.9. The number of hydrogen-bond donors (Lipinski definition) is 1. The summed E-state index contributed by atoms with van der Waals surface area (Å²) < 4.78 is 44.7. The van der Waals surface area contributed by atoms with Crippen LogP contribution in [0.4, 0.5) is 13.2 Å². The molecule has 0 aliphatic heterocycles. The standard InChI is InChI=1S/C14H16BrF3O2/c15-11-2-1-3-12(13(11)14(16,17)18)20-10-6-4-9(8-19)5-7-10/h1-3,9-10,19H,4-8H2/t9-,10-. The number of aliphatic hydroxyl groups is 1. The van der Waals surface area contributed by atoms with Crippen molar-refractivity contribution in [1.82, 2.24) is 0 Å². The molecule has 2 rings (SSSR count). The van der Waals surface area contributed by atoms with Crippen LogP contribution in [-0.2, 0) is 6.18 Å². The smallest absolute Gasteiger partial charge is 0.421 e. The first-order valence-corrected chi connectivity index (χ1v) is 7.34. The average molecular weight is 353 g/mol. The molecular weight excluding hydrogens is 337 g/mol. The maximum atomic E-state index is 13.0. The first kappa shape index (κ1) is 15.6. The number of ether oxygens (including phenoxy) is 1. The lowest BCUT2D eigenvalue weighted by Crippen LogP contribution is -2.26. The van der Waals surface area contributed by atoms with Crippen LogP contribution in [0.5, 0.6) is 5.75 Å². The Morgan fingerprint density at radius 2 is 1.85 bits per heavy atom. The highest BCUT2D eigenvalue weighted by Gasteiger charge is 2.37. The summed E-state index contributed by atoms with van der Waals surface area (Å²) in [6, 6.07) is 4.25. The van der Waals surface area contributed by atoms with E-state index in [2.05, 4.69) is 15.9 Å². The molecule has 0 radical (unpaired) electrons. The molecule has 0 unspecified atom stereocenters. The molecule has 6 heteroatoms. The van der Waals surface area contributed by atoms with Crippen molar-refractivity contribution in [3.05, 3.63) is 28.2 Å². The Balaban J connectivity index is 2.12. The van der Waals surface area contributed by atoms with Gasteiger partial charge in [0.15, 0.2) is 0 Å². The summed E-state index contributed by atoms with van der Waals surface area (Å²) in [5.41, 5.74) is -0.760. The molecule has 0 bridgehead atoms. The van der Waals surface area contributed by atoms with Gasteiger partial charge in [0.2, 0.25) is 0 Å². The van der Waals surface area contributed by atoms with E-state index in [0.717, 1.165) is 12.8 Å². The van der Waals surface area contributed by atoms with Crippen LogP contribution in [0, 0.1) is 5.92 Å². The van der Waals surface area contributed by atoms with Crippen molar-refractivity contribution in [1.29, 1.82) is 0 Å². The van der Waals surface area contributed by atoms with Crippen LogP contribution in [-0.4, -0.2) is 17.8 Å². The molecule has 2 nitrogen and oxygen atoms in total. The zero-order chi connectivity index (χ0) is 14.8. The van der Waals surface area contributed by atoms with Crippen molar-refractivity contribution in [3.8, 4) is 5.75 Å². The van der Waals surface area contributed by atoms with Crippen molar-refractivity contribution >= 4 is 15.9 Å². The van der Waals surface area contributed by atoms with Crippen molar-refractivity contribution < 1.29 is 23.0 Å². The van der Waals surface area contributed by atoms with Gasteiger partial charge in [0.1, 0.15) is 11.3 Å². The molecule has 1 aromatic rings. The monoisotopic (exact) mass is 352 g/mol. The highest BCUT2D eigenvalue weighted by Crippen LogP contribution is 2.42. The van der Waals surface area contributed by atoms with E-state index in [9.17, 15) is 13.2 Å². The van der Waals surface area contributed by atoms with E-state index in [-0.39, 0.29) is 28.9 Å². The third-order valence-electron chi connectivity index (χ3n) is 3.60. The predicted octanol–water partition coefficient (Wildman–Crippen LogP) is 4.40. The third kappa shape index (κ3) is 3.67. The third-order valence-corrected chi connectivity index (χ3v) is 4.27. The second-order valence-corrected chi connectivity index (χ2v) is 5.91. The maximum absolute atomic E-state index is 13.0. The van der Waals surface area contributed by atoms with E-state index in [0.29, 0.717) is 12.8 Å². The van der Waals surface area contributed by atoms with Gasteiger partial charge >= 0.3 is 6.18 Å². The van der Waals surface area contributed by atoms with E-state index < -0.39 is 11.7 Å². The molecule has 1 fully saturated rings. The minimum Gasteiger partial charge on any atom is -0.490 e. The maximum Gasteiger partial charge on any atom is 0.421 e. The molecule has 0 spiro atoms. The number of benzene rings is 1. The van der Waals surface area contributed by atoms with E-state index in [1.165, 1.54) is 18.2 Å². The van der Waals surface area contributed by atoms with Gasteiger partial charge in [-0.05, 0) is 43.7 Å². The molecule has 0 heterocycles. The van der Waals surface area contributed by atoms with Gasteiger partial charge < -0.3 is 9.84 Å². The Morgan fingerprint density at radius 1 is 1.20 bits per heavy atom. The van der Waals surface area contributed by atoms with Crippen LogP contribution < -0.4 is 4.74 Å². The number of rotatable bonds is 3. The summed E-state index contributed by atoms with van der Waals surface area (Å²) >= 11 is 2.94. The molecule has 1 N–H and O–H groups in total. The SMILES string of the molecule is OC[C@H]1CC[C@H](Oc2cccc(Br)c2C(F)(F)F)CC1. The Bertz CT molecular complexity index is 454. The molecule has 1 aromatic carbocycles. The van der Waals surface area contributed by atoms with Crippen molar-refractivity contribution in [3.63, 3.8) is 0 Å². The zero-order valence-corrected chi connectivity index (χ0v) is 12.4. The Labute approximate surface area is 124 Å². The summed E-state index contributed by atoms with van der Waals surface area (Å²) in [4.78, 5) is 0. The number of halogens is 4. The normalized spacial score (nSPS) is 23.6. The summed E-state index contributed by atoms with van der Waals surface area (Å²) in [5, 5.41) is 9.06. The van der Waals surface area contributed by atoms with Crippen molar-refractivity contribution in [2.24, 2.45) is 5.92 Å². The second kappa shape index (κ2) is 6.35. The van der Waals surface area contributed by atoms with Crippen LogP contribution in [0.3, 0.4) is 0 Å². The van der Waals surface area contributed by atoms with Crippen LogP contribution in [0.15, 0.2) is 22.7 Å². The van der Waals surface area contributed by atoms with Gasteiger partial charge in [0.05, 0.1) is 6.10 Å². The van der Waals surface area contributed by atoms with E-state index in [1.54, 1.807) is 0 Å². The lowest BCUT2D eigenvalue weighted by molar-refractivity contribution is -0.140. The van der Waals surface area contributed by atoms with Crippen LogP contribution >= 0.6 is 15.9 Å². The molecule has 0 aromatic heterocycles. The lowest BCUT2D eigenvalue weighted by atomic mass is 9.88. The Hall–Kier alpha value is -0.750. The minimum absolute atomic E-state index is 0.00783. The highest BCUT2D eigenvalue weighted by molar-refractivity contribution is 9.10. The Kier molecular flexibility index (Phi) is 4.96. The van der Waals surface area contributed by atoms with Crippen molar-refractivity contribution in [2.45, 2.75) is 38.0 Å². The fraction of sp³-hybridized carbons (Fsp3) is 0.571. The summed E-state index contributed by atoms with van der Waals surface area (Å²) in [5.74, 6) is 0.124. The van der Waals surface area contributed by atoms with Gasteiger partial charge in [-0.1, -0.05) is 22.0 Å². The molecule has 0 amide bonds. The number of hydrogen-bond acceptors (Lipinski definition) is 2. The Morgan fingerprint density at radius 3 is 2.40 bits per heavy atom. The molecule has 1 saturated carbocycles. The van der Waals surface area contributed by atoms with E-state index >= 15 is 0 Å². The van der Waals surface area contributed by atoms with Gasteiger partial charge in [-0.25, -0.2) is 0 Å². The van der Waals surface area contributed by atoms with E-state index in [1.807, 2.05) is 0 Å². The quantitative estimate of drug-likeness (QED) is 0.873. The zero-order valence-electron chi connectivity index (χ0n) is 10.8. The largest absolute Gasteiger partial charge is 0.490 e. The van der Waals surface area contributed by atoms with Crippen LogP contribution in [0.2, 0.25) is 0 Å². The molecule has 1 aliphatic carbocycles. The molecule has 0 atom stereocenters. The van der Waals surface area contributed by atoms with Crippen LogP contribution in [0.25, 0.3) is 0 Å². The topological polar surface area (TPSA) is 29.5 Å². The predicted molar refractivity (Wildman–Crippen MR) is 72.6 cm³/mol. The number of aliphatic hydroxyl groups excluding tert-OH is 1. The van der Waals surface area contributed by atoms with Gasteiger partial charge in [-0.15, -0.1) is 0 Å². The van der Waals surface area contributed by atoms with E-state index in [4.69, 9.17) is 9.84 Å². The first-order chi connectivity index (χ1) is 9.41. The lowest BCUT2D eigenvalue weighted by Gasteiger charge is -2.29. The number of alkyl halides is 3. The molecular formula is C14H16BrF3O2. The van der Waals surface area contributed by atoms with Gasteiger partial charge in [0, 0.05) is 11.1 Å². The van der Waals surface area contributed by atoms with Gasteiger partial charge in [-0.3, -0.25) is 0 Å². The second-order valence-electron chi connectivity index (χ2n) is 5.05. The molecule has 20 heavy (non-hydrogen) atoms. The van der Waals surface area contributed by atoms with Crippen molar-refractivity contribution in [2.75, 3.05) is 6.61 Å². The molecule has 1 aliphatic rings. The fourth-order valence-corrected chi connectivity index (χ4v) is 3.06. The molecule has 0 saturated heterocycles. The van der Waals surface area contributed by atoms with Gasteiger partial charge in [-0.2, -0.15) is 13.2 Å². The van der Waals surface area contributed by atoms with Crippen LogP contribution in [0.1, 0.15) is 31.2 Å². The average Bonchev–Trinajstić information content (AvgIpc) is 2.38. The summed E-state index contributed by atoms with van der Waals surface area (Å²) in [6.45, 7) is 0.136. The molecule has 112 valence electrons. The van der Waals surface area contributed by atoms with Gasteiger partial charge in [0.25, 0.3) is 0 Å². The summed E-state index contributed by atoms with van der Waals surface area (Å²) in [7, 11) is 0. The minimum atomic E-state index is -4.45.